The molecule has 0 amide bonds. The van der Waals surface area contributed by atoms with Gasteiger partial charge in [-0.3, -0.25) is 5.32 Å². The van der Waals surface area contributed by atoms with E-state index in [9.17, 15) is 13.2 Å². The fraction of sp³-hybridized carbons (Fsp3) is 0.250. The highest BCUT2D eigenvalue weighted by molar-refractivity contribution is 5.28. The van der Waals surface area contributed by atoms with Crippen LogP contribution < -0.4 is 11.1 Å². The summed E-state index contributed by atoms with van der Waals surface area (Å²) in [4.78, 5) is 0. The number of halogens is 3. The summed E-state index contributed by atoms with van der Waals surface area (Å²) in [7, 11) is 0. The van der Waals surface area contributed by atoms with Crippen molar-refractivity contribution in [2.75, 3.05) is 6.54 Å². The summed E-state index contributed by atoms with van der Waals surface area (Å²) in [5, 5.41) is 2.61. The summed E-state index contributed by atoms with van der Waals surface area (Å²) in [6.07, 6.45) is -4.49. The monoisotopic (exact) mass is 294 g/mol. The highest BCUT2D eigenvalue weighted by atomic mass is 19.4. The van der Waals surface area contributed by atoms with Crippen LogP contribution in [0.2, 0.25) is 0 Å². The third kappa shape index (κ3) is 3.25. The lowest BCUT2D eigenvalue weighted by molar-refractivity contribution is -0.198. The molecule has 0 spiro atoms. The van der Waals surface area contributed by atoms with E-state index in [1.54, 1.807) is 42.5 Å². The molecule has 0 aliphatic heterocycles. The molecule has 3 N–H and O–H groups in total. The van der Waals surface area contributed by atoms with Gasteiger partial charge in [0.05, 0.1) is 0 Å². The first-order chi connectivity index (χ1) is 9.99. The van der Waals surface area contributed by atoms with Gasteiger partial charge in [0.15, 0.2) is 5.54 Å². The van der Waals surface area contributed by atoms with Crippen molar-refractivity contribution in [3.63, 3.8) is 0 Å². The van der Waals surface area contributed by atoms with Gasteiger partial charge < -0.3 is 5.73 Å². The predicted octanol–water partition coefficient (Wildman–Crippen LogP) is 3.19. The van der Waals surface area contributed by atoms with Crippen molar-refractivity contribution >= 4 is 0 Å². The topological polar surface area (TPSA) is 38.0 Å². The Hall–Kier alpha value is -1.85. The fourth-order valence-corrected chi connectivity index (χ4v) is 2.24. The molecule has 0 saturated carbocycles. The SMILES string of the molecule is NC[C@](NCc1ccccc1)(c1ccccc1)C(F)(F)F. The van der Waals surface area contributed by atoms with Crippen LogP contribution in [0.1, 0.15) is 11.1 Å². The van der Waals surface area contributed by atoms with Crippen LogP contribution in [-0.2, 0) is 12.1 Å². The Morgan fingerprint density at radius 2 is 1.38 bits per heavy atom. The zero-order valence-electron chi connectivity index (χ0n) is 11.4. The van der Waals surface area contributed by atoms with Crippen LogP contribution in [0.4, 0.5) is 13.2 Å². The van der Waals surface area contributed by atoms with Crippen molar-refractivity contribution in [2.45, 2.75) is 18.3 Å². The van der Waals surface area contributed by atoms with Gasteiger partial charge in [-0.25, -0.2) is 0 Å². The van der Waals surface area contributed by atoms with Crippen molar-refractivity contribution in [2.24, 2.45) is 5.73 Å². The molecule has 0 saturated heterocycles. The number of rotatable bonds is 5. The van der Waals surface area contributed by atoms with E-state index in [2.05, 4.69) is 5.32 Å². The average Bonchev–Trinajstić information content (AvgIpc) is 2.49. The molecule has 0 unspecified atom stereocenters. The van der Waals surface area contributed by atoms with Crippen molar-refractivity contribution in [3.05, 3.63) is 71.8 Å². The molecular formula is C16H17F3N2. The number of hydrogen-bond acceptors (Lipinski definition) is 2. The maximum absolute atomic E-state index is 13.6. The van der Waals surface area contributed by atoms with Crippen LogP contribution in [0, 0.1) is 0 Å². The van der Waals surface area contributed by atoms with E-state index < -0.39 is 18.3 Å². The van der Waals surface area contributed by atoms with Crippen LogP contribution in [0.3, 0.4) is 0 Å². The second kappa shape index (κ2) is 6.28. The fourth-order valence-electron chi connectivity index (χ4n) is 2.24. The number of nitrogens with one attached hydrogen (secondary N) is 1. The van der Waals surface area contributed by atoms with E-state index in [1.165, 1.54) is 12.1 Å². The number of hydrogen-bond donors (Lipinski definition) is 2. The molecule has 0 aliphatic carbocycles. The van der Waals surface area contributed by atoms with Gasteiger partial charge in [-0.2, -0.15) is 13.2 Å². The molecule has 2 aromatic carbocycles. The lowest BCUT2D eigenvalue weighted by Gasteiger charge is -2.36. The predicted molar refractivity (Wildman–Crippen MR) is 76.5 cm³/mol. The maximum atomic E-state index is 13.6. The molecule has 0 aliphatic rings. The Morgan fingerprint density at radius 3 is 1.86 bits per heavy atom. The normalized spacial score (nSPS) is 14.7. The van der Waals surface area contributed by atoms with Gasteiger partial charge in [0, 0.05) is 13.1 Å². The number of benzene rings is 2. The Kier molecular flexibility index (Phi) is 4.65. The molecule has 21 heavy (non-hydrogen) atoms. The molecule has 0 heterocycles. The Balaban J connectivity index is 2.33. The van der Waals surface area contributed by atoms with Gasteiger partial charge >= 0.3 is 6.18 Å². The molecule has 1 atom stereocenters. The lowest BCUT2D eigenvalue weighted by Crippen LogP contribution is -2.58. The Morgan fingerprint density at radius 1 is 0.857 bits per heavy atom. The van der Waals surface area contributed by atoms with E-state index in [-0.39, 0.29) is 12.1 Å². The molecule has 112 valence electrons. The first kappa shape index (κ1) is 15.5. The summed E-state index contributed by atoms with van der Waals surface area (Å²) in [6.45, 7) is -0.472. The molecular weight excluding hydrogens is 277 g/mol. The Bertz CT molecular complexity index is 555. The summed E-state index contributed by atoms with van der Waals surface area (Å²) >= 11 is 0. The van der Waals surface area contributed by atoms with Crippen molar-refractivity contribution < 1.29 is 13.2 Å². The highest BCUT2D eigenvalue weighted by Crippen LogP contribution is 2.38. The van der Waals surface area contributed by atoms with E-state index in [4.69, 9.17) is 5.73 Å². The summed E-state index contributed by atoms with van der Waals surface area (Å²) < 4.78 is 40.9. The van der Waals surface area contributed by atoms with Crippen LogP contribution in [0.15, 0.2) is 60.7 Å². The molecule has 2 rings (SSSR count). The zero-order valence-corrected chi connectivity index (χ0v) is 11.4. The summed E-state index contributed by atoms with van der Waals surface area (Å²) in [6, 6.07) is 16.7. The second-order valence-corrected chi connectivity index (χ2v) is 4.81. The first-order valence-corrected chi connectivity index (χ1v) is 6.61. The minimum absolute atomic E-state index is 0.0897. The highest BCUT2D eigenvalue weighted by Gasteiger charge is 2.54. The maximum Gasteiger partial charge on any atom is 0.412 e. The summed E-state index contributed by atoms with van der Waals surface area (Å²) in [5.41, 5.74) is 4.16. The molecule has 5 heteroatoms. The molecule has 0 bridgehead atoms. The molecule has 0 radical (unpaired) electrons. The van der Waals surface area contributed by atoms with Gasteiger partial charge in [-0.1, -0.05) is 60.7 Å². The van der Waals surface area contributed by atoms with E-state index in [0.717, 1.165) is 5.56 Å². The lowest BCUT2D eigenvalue weighted by atomic mass is 9.88. The van der Waals surface area contributed by atoms with E-state index >= 15 is 0 Å². The summed E-state index contributed by atoms with van der Waals surface area (Å²) in [5.74, 6) is 0. The quantitative estimate of drug-likeness (QED) is 0.889. The molecule has 0 fully saturated rings. The van der Waals surface area contributed by atoms with Gasteiger partial charge in [0.25, 0.3) is 0 Å². The second-order valence-electron chi connectivity index (χ2n) is 4.81. The Labute approximate surface area is 121 Å². The van der Waals surface area contributed by atoms with Crippen molar-refractivity contribution in [3.8, 4) is 0 Å². The van der Waals surface area contributed by atoms with E-state index in [1.807, 2.05) is 6.07 Å². The minimum atomic E-state index is -4.49. The third-order valence-corrected chi connectivity index (χ3v) is 3.49. The smallest absolute Gasteiger partial charge is 0.328 e. The van der Waals surface area contributed by atoms with Gasteiger partial charge in [-0.05, 0) is 11.1 Å². The molecule has 0 aromatic heterocycles. The average molecular weight is 294 g/mol. The molecule has 2 aromatic rings. The third-order valence-electron chi connectivity index (χ3n) is 3.49. The van der Waals surface area contributed by atoms with Crippen LogP contribution in [0.25, 0.3) is 0 Å². The van der Waals surface area contributed by atoms with Crippen LogP contribution in [0.5, 0.6) is 0 Å². The van der Waals surface area contributed by atoms with E-state index in [0.29, 0.717) is 0 Å². The number of nitrogens with two attached hydrogens (primary N) is 1. The standard InChI is InChI=1S/C16H17F3N2/c17-16(18,19)15(12-20,14-9-5-2-6-10-14)21-11-13-7-3-1-4-8-13/h1-10,21H,11-12,20H2/t15-/m0/s1. The van der Waals surface area contributed by atoms with Crippen molar-refractivity contribution in [1.29, 1.82) is 0 Å². The van der Waals surface area contributed by atoms with Crippen molar-refractivity contribution in [1.82, 2.24) is 5.32 Å². The minimum Gasteiger partial charge on any atom is -0.328 e. The van der Waals surface area contributed by atoms with Crippen LogP contribution >= 0.6 is 0 Å². The zero-order chi connectivity index (χ0) is 15.3. The van der Waals surface area contributed by atoms with Crippen LogP contribution in [-0.4, -0.2) is 12.7 Å². The first-order valence-electron chi connectivity index (χ1n) is 6.61. The molecule has 2 nitrogen and oxygen atoms in total. The van der Waals surface area contributed by atoms with Gasteiger partial charge in [0.1, 0.15) is 0 Å². The number of alkyl halides is 3. The largest absolute Gasteiger partial charge is 0.412 e. The van der Waals surface area contributed by atoms with Gasteiger partial charge in [0.2, 0.25) is 0 Å². The van der Waals surface area contributed by atoms with Gasteiger partial charge in [-0.15, -0.1) is 0 Å².